The number of nitrogens with two attached hydrogens (primary N) is 2. The highest BCUT2D eigenvalue weighted by molar-refractivity contribution is 5.42. The molecule has 6 heteroatoms. The molecule has 0 saturated heterocycles. The highest BCUT2D eigenvalue weighted by Gasteiger charge is 2.07. The van der Waals surface area contributed by atoms with Gasteiger partial charge in [-0.05, 0) is 0 Å². The van der Waals surface area contributed by atoms with Crippen LogP contribution in [-0.4, -0.2) is 9.97 Å². The average molecular weight is 146 g/mol. The quantitative estimate of drug-likeness (QED) is 0.502. The molecule has 0 aliphatic heterocycles. The Hall–Kier alpha value is -1.46. The number of hydrogen-bond acceptors (Lipinski definition) is 4. The van der Waals surface area contributed by atoms with Gasteiger partial charge in [0.05, 0.1) is 0 Å². The molecule has 0 bridgehead atoms. The average Bonchev–Trinajstić information content (AvgIpc) is 1.82. The molecule has 0 aliphatic rings. The van der Waals surface area contributed by atoms with Gasteiger partial charge in [0.15, 0.2) is 11.6 Å². The lowest BCUT2D eigenvalue weighted by atomic mass is 10.5. The van der Waals surface area contributed by atoms with Gasteiger partial charge < -0.3 is 11.5 Å². The summed E-state index contributed by atoms with van der Waals surface area (Å²) in [6, 6.07) is 0. The van der Waals surface area contributed by atoms with E-state index in [-0.39, 0.29) is 0 Å². The predicted molar refractivity (Wildman–Crippen MR) is 30.8 cm³/mol. The van der Waals surface area contributed by atoms with Gasteiger partial charge in [-0.1, -0.05) is 0 Å². The molecule has 1 heterocycles. The molecule has 1 aromatic rings. The number of nitrogen functional groups attached to an aromatic ring is 2. The van der Waals surface area contributed by atoms with Crippen LogP contribution in [-0.2, 0) is 0 Å². The second-order valence-electron chi connectivity index (χ2n) is 1.58. The summed E-state index contributed by atoms with van der Waals surface area (Å²) in [5.41, 5.74) is 9.75. The number of halogens is 2. The molecule has 1 rings (SSSR count). The molecule has 0 radical (unpaired) electrons. The summed E-state index contributed by atoms with van der Waals surface area (Å²) in [6.07, 6.45) is -1.13. The van der Waals surface area contributed by atoms with Gasteiger partial charge in [0, 0.05) is 0 Å². The number of anilines is 2. The molecule has 4 nitrogen and oxygen atoms in total. The highest BCUT2D eigenvalue weighted by atomic mass is 19.1. The molecule has 54 valence electrons. The van der Waals surface area contributed by atoms with Gasteiger partial charge in [-0.3, -0.25) is 0 Å². The van der Waals surface area contributed by atoms with Crippen LogP contribution in [0.1, 0.15) is 0 Å². The van der Waals surface area contributed by atoms with Gasteiger partial charge in [-0.2, -0.15) is 18.7 Å². The summed E-state index contributed by atoms with van der Waals surface area (Å²) < 4.78 is 24.4. The van der Waals surface area contributed by atoms with Gasteiger partial charge >= 0.3 is 6.08 Å². The second-order valence-corrected chi connectivity index (χ2v) is 1.58. The third-order valence-electron chi connectivity index (χ3n) is 0.875. The zero-order valence-electron chi connectivity index (χ0n) is 4.81. The van der Waals surface area contributed by atoms with Crippen LogP contribution in [0.25, 0.3) is 0 Å². The van der Waals surface area contributed by atoms with Gasteiger partial charge in [0.2, 0.25) is 5.82 Å². The minimum atomic E-state index is -1.13. The molecule has 0 aliphatic carbocycles. The number of aromatic nitrogens is 2. The Morgan fingerprint density at radius 3 is 1.80 bits per heavy atom. The van der Waals surface area contributed by atoms with E-state index in [1.54, 1.807) is 0 Å². The number of hydrogen-bond donors (Lipinski definition) is 2. The van der Waals surface area contributed by atoms with Gasteiger partial charge in [-0.15, -0.1) is 0 Å². The van der Waals surface area contributed by atoms with Crippen LogP contribution in [0.2, 0.25) is 0 Å². The molecule has 10 heavy (non-hydrogen) atoms. The summed E-state index contributed by atoms with van der Waals surface area (Å²) in [5.74, 6) is -2.14. The van der Waals surface area contributed by atoms with E-state index in [2.05, 4.69) is 9.97 Å². The Morgan fingerprint density at radius 2 is 1.40 bits per heavy atom. The first-order valence-corrected chi connectivity index (χ1v) is 2.35. The molecule has 0 aromatic carbocycles. The molecule has 4 N–H and O–H groups in total. The summed E-state index contributed by atoms with van der Waals surface area (Å²) in [5, 5.41) is 0. The molecule has 0 fully saturated rings. The Bertz CT molecular complexity index is 238. The van der Waals surface area contributed by atoms with E-state index in [1.807, 2.05) is 0 Å². The van der Waals surface area contributed by atoms with Crippen molar-refractivity contribution in [1.29, 1.82) is 0 Å². The summed E-state index contributed by atoms with van der Waals surface area (Å²) in [4.78, 5) is 5.76. The third kappa shape index (κ3) is 0.949. The van der Waals surface area contributed by atoms with E-state index in [0.29, 0.717) is 0 Å². The van der Waals surface area contributed by atoms with Crippen LogP contribution < -0.4 is 11.5 Å². The van der Waals surface area contributed by atoms with Crippen LogP contribution in [0.15, 0.2) is 0 Å². The first-order valence-electron chi connectivity index (χ1n) is 2.35. The number of rotatable bonds is 0. The summed E-state index contributed by atoms with van der Waals surface area (Å²) in [7, 11) is 0. The van der Waals surface area contributed by atoms with Crippen molar-refractivity contribution in [3.63, 3.8) is 0 Å². The van der Waals surface area contributed by atoms with Crippen molar-refractivity contribution in [1.82, 2.24) is 9.97 Å². The minimum Gasteiger partial charge on any atom is -0.381 e. The van der Waals surface area contributed by atoms with Crippen molar-refractivity contribution in [3.8, 4) is 0 Å². The zero-order valence-corrected chi connectivity index (χ0v) is 4.81. The van der Waals surface area contributed by atoms with Gasteiger partial charge in [-0.25, -0.2) is 0 Å². The molecule has 0 unspecified atom stereocenters. The molecule has 0 saturated carbocycles. The molecule has 0 amide bonds. The maximum atomic E-state index is 12.4. The van der Waals surface area contributed by atoms with Crippen molar-refractivity contribution >= 4 is 11.6 Å². The fourth-order valence-corrected chi connectivity index (χ4v) is 0.453. The van der Waals surface area contributed by atoms with E-state index < -0.39 is 23.5 Å². The van der Waals surface area contributed by atoms with Crippen molar-refractivity contribution in [2.45, 2.75) is 0 Å². The van der Waals surface area contributed by atoms with Crippen LogP contribution in [0, 0.1) is 11.9 Å². The van der Waals surface area contributed by atoms with Crippen molar-refractivity contribution in [2.75, 3.05) is 11.5 Å². The number of nitrogens with zero attached hydrogens (tertiary/aromatic N) is 2. The normalized spacial score (nSPS) is 9.80. The van der Waals surface area contributed by atoms with Crippen molar-refractivity contribution in [3.05, 3.63) is 11.9 Å². The zero-order chi connectivity index (χ0) is 7.72. The topological polar surface area (TPSA) is 77.8 Å². The lowest BCUT2D eigenvalue weighted by molar-refractivity contribution is 0.525. The lowest BCUT2D eigenvalue weighted by Crippen LogP contribution is -2.05. The second kappa shape index (κ2) is 2.05. The van der Waals surface area contributed by atoms with Crippen LogP contribution >= 0.6 is 0 Å². The monoisotopic (exact) mass is 146 g/mol. The fraction of sp³-hybridized carbons (Fsp3) is 0. The first kappa shape index (κ1) is 6.66. The van der Waals surface area contributed by atoms with E-state index in [1.165, 1.54) is 0 Å². The van der Waals surface area contributed by atoms with Crippen LogP contribution in [0.3, 0.4) is 0 Å². The lowest BCUT2D eigenvalue weighted by Gasteiger charge is -1.96. The molecular weight excluding hydrogens is 142 g/mol. The Labute approximate surface area is 54.9 Å². The Morgan fingerprint density at radius 1 is 1.00 bits per heavy atom. The van der Waals surface area contributed by atoms with E-state index in [9.17, 15) is 8.78 Å². The minimum absolute atomic E-state index is 0.579. The largest absolute Gasteiger partial charge is 0.381 e. The third-order valence-corrected chi connectivity index (χ3v) is 0.875. The fourth-order valence-electron chi connectivity index (χ4n) is 0.453. The van der Waals surface area contributed by atoms with E-state index in [4.69, 9.17) is 11.5 Å². The summed E-state index contributed by atoms with van der Waals surface area (Å²) in [6.45, 7) is 0. The van der Waals surface area contributed by atoms with Gasteiger partial charge in [0.1, 0.15) is 0 Å². The maximum Gasteiger partial charge on any atom is 0.312 e. The maximum absolute atomic E-state index is 12.4. The van der Waals surface area contributed by atoms with E-state index >= 15 is 0 Å². The Kier molecular flexibility index (Phi) is 1.37. The Balaban J connectivity index is 3.31. The van der Waals surface area contributed by atoms with E-state index in [0.717, 1.165) is 0 Å². The molecule has 1 aromatic heterocycles. The molecule has 0 atom stereocenters. The molecular formula is C4H4F2N4. The SMILES string of the molecule is Nc1nc(F)nc(N)c1F. The summed E-state index contributed by atoms with van der Waals surface area (Å²) >= 11 is 0. The standard InChI is InChI=1S/C4H4F2N4/c5-1-2(7)9-4(6)10-3(1)8/h(H4,7,8,9,10). The highest BCUT2D eigenvalue weighted by Crippen LogP contribution is 2.11. The van der Waals surface area contributed by atoms with Crippen molar-refractivity contribution in [2.24, 2.45) is 0 Å². The smallest absolute Gasteiger partial charge is 0.312 e. The first-order chi connectivity index (χ1) is 4.61. The van der Waals surface area contributed by atoms with Crippen molar-refractivity contribution < 1.29 is 8.78 Å². The van der Waals surface area contributed by atoms with Gasteiger partial charge in [0.25, 0.3) is 0 Å². The van der Waals surface area contributed by atoms with Crippen LogP contribution in [0.4, 0.5) is 20.4 Å². The van der Waals surface area contributed by atoms with Crippen LogP contribution in [0.5, 0.6) is 0 Å². The molecule has 0 spiro atoms. The predicted octanol–water partition coefficient (Wildman–Crippen LogP) is -0.0808.